The lowest BCUT2D eigenvalue weighted by atomic mass is 10.1. The van der Waals surface area contributed by atoms with E-state index in [-0.39, 0.29) is 12.8 Å². The maximum Gasteiger partial charge on any atom is 0.326 e. The first-order valence-corrected chi connectivity index (χ1v) is 10.5. The number of carboxylic acid groups (broad SMARTS) is 3. The molecule has 4 unspecified atom stereocenters. The first kappa shape index (κ1) is 31.7. The summed E-state index contributed by atoms with van der Waals surface area (Å²) in [6.07, 6.45) is -3.39. The van der Waals surface area contributed by atoms with Crippen molar-refractivity contribution in [2.24, 2.45) is 17.2 Å². The van der Waals surface area contributed by atoms with E-state index in [1.165, 1.54) is 0 Å². The Morgan fingerprint density at radius 2 is 1.03 bits per heavy atom. The predicted molar refractivity (Wildman–Crippen MR) is 117 cm³/mol. The fourth-order valence-electron chi connectivity index (χ4n) is 2.72. The number of carboxylic acids is 3. The molecular weight excluding hydrogens is 488 g/mol. The highest BCUT2D eigenvalue weighted by Gasteiger charge is 2.31. The summed E-state index contributed by atoms with van der Waals surface area (Å²) in [5, 5.41) is 33.1. The number of primary amides is 2. The number of hydrogen-bond acceptors (Lipinski definition) is 9. The van der Waals surface area contributed by atoms with Crippen molar-refractivity contribution in [3.8, 4) is 0 Å². The molecule has 0 radical (unpaired) electrons. The molecule has 0 bridgehead atoms. The highest BCUT2D eigenvalue weighted by Crippen LogP contribution is 2.05. The van der Waals surface area contributed by atoms with E-state index >= 15 is 0 Å². The van der Waals surface area contributed by atoms with E-state index in [2.05, 4.69) is 10.6 Å². The fourth-order valence-corrected chi connectivity index (χ4v) is 2.72. The summed E-state index contributed by atoms with van der Waals surface area (Å²) in [5.74, 6) is -9.29. The lowest BCUT2D eigenvalue weighted by molar-refractivity contribution is -0.143. The minimum absolute atomic E-state index is 0.173. The van der Waals surface area contributed by atoms with Crippen molar-refractivity contribution >= 4 is 47.4 Å². The number of nitrogens with two attached hydrogens (primary N) is 3. The van der Waals surface area contributed by atoms with Crippen molar-refractivity contribution in [3.05, 3.63) is 0 Å². The van der Waals surface area contributed by atoms with E-state index in [1.807, 2.05) is 5.32 Å². The van der Waals surface area contributed by atoms with E-state index in [0.717, 1.165) is 0 Å². The van der Waals surface area contributed by atoms with Crippen molar-refractivity contribution in [3.63, 3.8) is 0 Å². The summed E-state index contributed by atoms with van der Waals surface area (Å²) in [4.78, 5) is 92.8. The van der Waals surface area contributed by atoms with Crippen LogP contribution in [-0.4, -0.2) is 86.9 Å². The number of aliphatic carboxylic acids is 3. The van der Waals surface area contributed by atoms with E-state index < -0.39 is 104 Å². The van der Waals surface area contributed by atoms with Crippen molar-refractivity contribution in [2.45, 2.75) is 69.1 Å². The molecule has 0 heterocycles. The Labute approximate surface area is 204 Å². The smallest absolute Gasteiger partial charge is 0.326 e. The van der Waals surface area contributed by atoms with E-state index in [4.69, 9.17) is 27.4 Å². The van der Waals surface area contributed by atoms with Gasteiger partial charge in [0.15, 0.2) is 0 Å². The molecule has 5 amide bonds. The van der Waals surface area contributed by atoms with Crippen LogP contribution < -0.4 is 33.2 Å². The maximum absolute atomic E-state index is 12.8. The van der Waals surface area contributed by atoms with Gasteiger partial charge in [0.05, 0.1) is 12.5 Å². The number of carbonyl (C=O) groups is 8. The highest BCUT2D eigenvalue weighted by molar-refractivity contribution is 5.96. The Morgan fingerprint density at radius 1 is 0.583 bits per heavy atom. The van der Waals surface area contributed by atoms with Gasteiger partial charge in [-0.25, -0.2) is 4.79 Å². The molecule has 0 saturated heterocycles. The zero-order valence-corrected chi connectivity index (χ0v) is 19.1. The molecule has 17 heteroatoms. The van der Waals surface area contributed by atoms with Gasteiger partial charge in [-0.3, -0.25) is 33.6 Å². The van der Waals surface area contributed by atoms with E-state index in [1.54, 1.807) is 0 Å². The van der Waals surface area contributed by atoms with Crippen LogP contribution in [0.3, 0.4) is 0 Å². The average molecular weight is 518 g/mol. The SMILES string of the molecule is NC(=O)CCC(N)C(=O)NC(CCC(=O)O)C(=O)NC(CC(N)=O)C(=O)NC(CCC(=O)O)C(=O)O. The van der Waals surface area contributed by atoms with Gasteiger partial charge in [-0.2, -0.15) is 0 Å². The third-order valence-electron chi connectivity index (χ3n) is 4.62. The molecule has 12 N–H and O–H groups in total. The summed E-state index contributed by atoms with van der Waals surface area (Å²) in [6.45, 7) is 0. The zero-order valence-electron chi connectivity index (χ0n) is 19.1. The molecular formula is C19H30N6O11. The van der Waals surface area contributed by atoms with Crippen LogP contribution >= 0.6 is 0 Å². The zero-order chi connectivity index (χ0) is 28.0. The lowest BCUT2D eigenvalue weighted by Crippen LogP contribution is -2.57. The average Bonchev–Trinajstić information content (AvgIpc) is 2.75. The Balaban J connectivity index is 5.58. The Kier molecular flexibility index (Phi) is 13.7. The summed E-state index contributed by atoms with van der Waals surface area (Å²) in [6, 6.07) is -6.26. The van der Waals surface area contributed by atoms with E-state index in [0.29, 0.717) is 0 Å². The third kappa shape index (κ3) is 13.4. The van der Waals surface area contributed by atoms with Crippen molar-refractivity contribution < 1.29 is 53.7 Å². The van der Waals surface area contributed by atoms with Crippen molar-refractivity contribution in [1.29, 1.82) is 0 Å². The first-order valence-electron chi connectivity index (χ1n) is 10.5. The molecule has 202 valence electrons. The van der Waals surface area contributed by atoms with Crippen LogP contribution in [0.25, 0.3) is 0 Å². The number of hydrogen-bond donors (Lipinski definition) is 9. The maximum atomic E-state index is 12.8. The first-order chi connectivity index (χ1) is 16.6. The summed E-state index contributed by atoms with van der Waals surface area (Å²) in [7, 11) is 0. The monoisotopic (exact) mass is 518 g/mol. The number of rotatable bonds is 18. The normalized spacial score (nSPS) is 13.8. The van der Waals surface area contributed by atoms with Crippen LogP contribution in [0.1, 0.15) is 44.9 Å². The molecule has 0 aliphatic rings. The number of nitrogens with one attached hydrogen (secondary N) is 3. The van der Waals surface area contributed by atoms with Gasteiger partial charge in [0.2, 0.25) is 29.5 Å². The molecule has 0 saturated carbocycles. The van der Waals surface area contributed by atoms with Crippen LogP contribution in [0, 0.1) is 0 Å². The number of carbonyl (C=O) groups excluding carboxylic acids is 5. The second-order valence-electron chi connectivity index (χ2n) is 7.67. The van der Waals surface area contributed by atoms with Crippen molar-refractivity contribution in [2.75, 3.05) is 0 Å². The molecule has 0 aromatic heterocycles. The summed E-state index contributed by atoms with van der Waals surface area (Å²) >= 11 is 0. The fraction of sp³-hybridized carbons (Fsp3) is 0.579. The topological polar surface area (TPSA) is 311 Å². The molecule has 0 aliphatic heterocycles. The van der Waals surface area contributed by atoms with Crippen LogP contribution in [0.15, 0.2) is 0 Å². The minimum Gasteiger partial charge on any atom is -0.481 e. The Bertz CT molecular complexity index is 878. The second kappa shape index (κ2) is 15.6. The summed E-state index contributed by atoms with van der Waals surface area (Å²) in [5.41, 5.74) is 15.7. The van der Waals surface area contributed by atoms with Gasteiger partial charge in [0, 0.05) is 19.3 Å². The molecule has 0 aromatic rings. The molecule has 17 nitrogen and oxygen atoms in total. The molecule has 0 aliphatic carbocycles. The molecule has 36 heavy (non-hydrogen) atoms. The van der Waals surface area contributed by atoms with Crippen molar-refractivity contribution in [1.82, 2.24) is 16.0 Å². The second-order valence-corrected chi connectivity index (χ2v) is 7.67. The largest absolute Gasteiger partial charge is 0.481 e. The lowest BCUT2D eigenvalue weighted by Gasteiger charge is -2.24. The quantitative estimate of drug-likeness (QED) is 0.0832. The molecule has 0 fully saturated rings. The van der Waals surface area contributed by atoms with Gasteiger partial charge < -0.3 is 48.5 Å². The Morgan fingerprint density at radius 3 is 1.47 bits per heavy atom. The van der Waals surface area contributed by atoms with Crippen LogP contribution in [-0.2, 0) is 38.4 Å². The van der Waals surface area contributed by atoms with Gasteiger partial charge in [-0.15, -0.1) is 0 Å². The predicted octanol–water partition coefficient (Wildman–Crippen LogP) is -4.28. The van der Waals surface area contributed by atoms with Gasteiger partial charge in [-0.1, -0.05) is 0 Å². The van der Waals surface area contributed by atoms with Crippen LogP contribution in [0.2, 0.25) is 0 Å². The third-order valence-corrected chi connectivity index (χ3v) is 4.62. The van der Waals surface area contributed by atoms with Crippen LogP contribution in [0.5, 0.6) is 0 Å². The number of amides is 5. The minimum atomic E-state index is -1.74. The van der Waals surface area contributed by atoms with Gasteiger partial charge in [-0.05, 0) is 19.3 Å². The van der Waals surface area contributed by atoms with E-state index in [9.17, 15) is 43.5 Å². The molecule has 0 rings (SSSR count). The molecule has 0 spiro atoms. The highest BCUT2D eigenvalue weighted by atomic mass is 16.4. The molecule has 4 atom stereocenters. The molecule has 0 aromatic carbocycles. The Hall–Kier alpha value is -4.28. The summed E-state index contributed by atoms with van der Waals surface area (Å²) < 4.78 is 0. The standard InChI is InChI=1S/C19H30N6O11/c20-8(1-4-12(21)26)16(32)23-9(2-5-14(28)29)17(33)25-11(7-13(22)27)18(34)24-10(19(35)36)3-6-15(30)31/h8-11H,1-7,20H2,(H2,21,26)(H2,22,27)(H,23,32)(H,24,34)(H,25,33)(H,28,29)(H,30,31)(H,35,36). The van der Waals surface area contributed by atoms with Crippen LogP contribution in [0.4, 0.5) is 0 Å². The van der Waals surface area contributed by atoms with Gasteiger partial charge >= 0.3 is 17.9 Å². The van der Waals surface area contributed by atoms with Gasteiger partial charge in [0.25, 0.3) is 0 Å². The van der Waals surface area contributed by atoms with Gasteiger partial charge in [0.1, 0.15) is 18.1 Å².